The minimum atomic E-state index is -4.51. The maximum atomic E-state index is 13.1. The Hall–Kier alpha value is -1.14. The fourth-order valence-electron chi connectivity index (χ4n) is 1.64. The summed E-state index contributed by atoms with van der Waals surface area (Å²) in [6.07, 6.45) is -4.51. The zero-order valence-electron chi connectivity index (χ0n) is 10.1. The monoisotopic (exact) mass is 265 g/mol. The van der Waals surface area contributed by atoms with E-state index in [0.29, 0.717) is 6.61 Å². The lowest BCUT2D eigenvalue weighted by Crippen LogP contribution is -2.25. The number of hydrogen-bond donors (Lipinski definition) is 1. The zero-order chi connectivity index (χ0) is 13.8. The van der Waals surface area contributed by atoms with Crippen LogP contribution in [-0.4, -0.2) is 20.3 Å². The summed E-state index contributed by atoms with van der Waals surface area (Å²) in [6, 6.07) is 1.75. The molecule has 0 aliphatic heterocycles. The lowest BCUT2D eigenvalue weighted by Gasteiger charge is -2.21. The zero-order valence-corrected chi connectivity index (χ0v) is 10.1. The summed E-state index contributed by atoms with van der Waals surface area (Å²) in [7, 11) is 1.51. The Kier molecular flexibility index (Phi) is 5.10. The van der Waals surface area contributed by atoms with Gasteiger partial charge in [0, 0.05) is 6.61 Å². The van der Waals surface area contributed by atoms with Crippen molar-refractivity contribution in [1.82, 2.24) is 5.32 Å². The summed E-state index contributed by atoms with van der Waals surface area (Å²) in [4.78, 5) is 0. The van der Waals surface area contributed by atoms with Gasteiger partial charge < -0.3 is 10.1 Å². The highest BCUT2D eigenvalue weighted by Gasteiger charge is 2.35. The third-order valence-electron chi connectivity index (χ3n) is 2.53. The smallest absolute Gasteiger partial charge is 0.380 e. The van der Waals surface area contributed by atoms with Crippen LogP contribution in [-0.2, 0) is 10.9 Å². The Morgan fingerprint density at radius 1 is 1.33 bits per heavy atom. The summed E-state index contributed by atoms with van der Waals surface area (Å²) in [5, 5.41) is 2.70. The molecule has 1 aromatic rings. The number of alkyl halides is 3. The lowest BCUT2D eigenvalue weighted by molar-refractivity contribution is -0.138. The third-order valence-corrected chi connectivity index (χ3v) is 2.53. The van der Waals surface area contributed by atoms with Crippen molar-refractivity contribution < 1.29 is 22.3 Å². The van der Waals surface area contributed by atoms with Crippen molar-refractivity contribution in [3.63, 3.8) is 0 Å². The van der Waals surface area contributed by atoms with Crippen LogP contribution in [0.15, 0.2) is 18.2 Å². The molecule has 0 heterocycles. The molecule has 2 nitrogen and oxygen atoms in total. The number of nitrogens with one attached hydrogen (secondary N) is 1. The molecule has 0 spiro atoms. The molecule has 0 fully saturated rings. The minimum absolute atomic E-state index is 0.0551. The second-order valence-electron chi connectivity index (χ2n) is 3.73. The average molecular weight is 265 g/mol. The van der Waals surface area contributed by atoms with Gasteiger partial charge in [0.15, 0.2) is 0 Å². The van der Waals surface area contributed by atoms with E-state index < -0.39 is 23.6 Å². The van der Waals surface area contributed by atoms with Gasteiger partial charge in [0.2, 0.25) is 0 Å². The van der Waals surface area contributed by atoms with Crippen molar-refractivity contribution in [2.45, 2.75) is 19.1 Å². The van der Waals surface area contributed by atoms with Crippen LogP contribution in [0.5, 0.6) is 0 Å². The first-order valence-electron chi connectivity index (χ1n) is 5.51. The molecule has 1 atom stereocenters. The van der Waals surface area contributed by atoms with E-state index in [1.165, 1.54) is 7.05 Å². The molecule has 102 valence electrons. The molecule has 0 bridgehead atoms. The highest BCUT2D eigenvalue weighted by atomic mass is 19.4. The van der Waals surface area contributed by atoms with E-state index in [9.17, 15) is 17.6 Å². The normalized spacial score (nSPS) is 13.7. The molecule has 0 radical (unpaired) electrons. The predicted molar refractivity (Wildman–Crippen MR) is 59.7 cm³/mol. The first-order valence-corrected chi connectivity index (χ1v) is 5.51. The fourth-order valence-corrected chi connectivity index (χ4v) is 1.64. The third kappa shape index (κ3) is 3.68. The lowest BCUT2D eigenvalue weighted by atomic mass is 10.00. The molecular weight excluding hydrogens is 250 g/mol. The molecule has 0 saturated carbocycles. The quantitative estimate of drug-likeness (QED) is 0.826. The predicted octanol–water partition coefficient (Wildman–Crippen LogP) is 3.14. The van der Waals surface area contributed by atoms with Crippen LogP contribution in [0.25, 0.3) is 0 Å². The molecule has 0 amide bonds. The van der Waals surface area contributed by atoms with Crippen LogP contribution in [0.1, 0.15) is 24.1 Å². The van der Waals surface area contributed by atoms with Gasteiger partial charge in [0.05, 0.1) is 18.2 Å². The van der Waals surface area contributed by atoms with Crippen LogP contribution in [0.3, 0.4) is 0 Å². The van der Waals surface area contributed by atoms with Gasteiger partial charge in [-0.2, -0.15) is 13.2 Å². The Labute approximate surface area is 103 Å². The van der Waals surface area contributed by atoms with Gasteiger partial charge in [-0.05, 0) is 37.7 Å². The molecule has 0 saturated heterocycles. The molecule has 0 aromatic heterocycles. The number of halogens is 4. The van der Waals surface area contributed by atoms with Gasteiger partial charge in [-0.1, -0.05) is 0 Å². The van der Waals surface area contributed by atoms with Crippen LogP contribution >= 0.6 is 0 Å². The number of rotatable bonds is 5. The Bertz CT molecular complexity index is 392. The molecule has 0 aliphatic rings. The van der Waals surface area contributed by atoms with Crippen molar-refractivity contribution in [3.05, 3.63) is 35.1 Å². The Morgan fingerprint density at radius 3 is 2.50 bits per heavy atom. The number of ether oxygens (including phenoxy) is 1. The van der Waals surface area contributed by atoms with E-state index in [1.54, 1.807) is 6.92 Å². The van der Waals surface area contributed by atoms with Crippen molar-refractivity contribution in [2.75, 3.05) is 20.3 Å². The average Bonchev–Trinajstić information content (AvgIpc) is 2.28. The van der Waals surface area contributed by atoms with Gasteiger partial charge in [-0.3, -0.25) is 0 Å². The largest absolute Gasteiger partial charge is 0.416 e. The number of hydrogen-bond acceptors (Lipinski definition) is 2. The number of benzene rings is 1. The van der Waals surface area contributed by atoms with Crippen molar-refractivity contribution >= 4 is 0 Å². The molecule has 1 rings (SSSR count). The van der Waals surface area contributed by atoms with E-state index in [2.05, 4.69) is 5.32 Å². The van der Waals surface area contributed by atoms with E-state index in [4.69, 9.17) is 4.74 Å². The molecule has 1 N–H and O–H groups in total. The Morgan fingerprint density at radius 2 is 2.00 bits per heavy atom. The van der Waals surface area contributed by atoms with Crippen LogP contribution < -0.4 is 5.32 Å². The molecule has 18 heavy (non-hydrogen) atoms. The van der Waals surface area contributed by atoms with Gasteiger partial charge >= 0.3 is 6.18 Å². The molecular formula is C12H15F4NO. The fraction of sp³-hybridized carbons (Fsp3) is 0.500. The first-order chi connectivity index (χ1) is 8.40. The van der Waals surface area contributed by atoms with Crippen molar-refractivity contribution in [2.24, 2.45) is 0 Å². The van der Waals surface area contributed by atoms with Gasteiger partial charge in [-0.15, -0.1) is 0 Å². The first kappa shape index (κ1) is 14.9. The molecule has 0 aliphatic carbocycles. The van der Waals surface area contributed by atoms with Crippen molar-refractivity contribution in [3.8, 4) is 0 Å². The topological polar surface area (TPSA) is 21.3 Å². The Balaban J connectivity index is 3.14. The maximum absolute atomic E-state index is 13.1. The molecule has 6 heteroatoms. The standard InChI is InChI=1S/C12H15F4NO/c1-3-18-7-11(17-2)9-6-8(13)4-5-10(9)12(14,15)16/h4-6,11,17H,3,7H2,1-2H3. The van der Waals surface area contributed by atoms with Crippen LogP contribution in [0.2, 0.25) is 0 Å². The van der Waals surface area contributed by atoms with E-state index in [-0.39, 0.29) is 12.2 Å². The second kappa shape index (κ2) is 6.15. The van der Waals surface area contributed by atoms with E-state index >= 15 is 0 Å². The molecule has 1 aromatic carbocycles. The summed E-state index contributed by atoms with van der Waals surface area (Å²) < 4.78 is 56.6. The highest BCUT2D eigenvalue weighted by molar-refractivity contribution is 5.33. The van der Waals surface area contributed by atoms with Crippen LogP contribution in [0, 0.1) is 5.82 Å². The summed E-state index contributed by atoms with van der Waals surface area (Å²) in [5.41, 5.74) is -0.985. The maximum Gasteiger partial charge on any atom is 0.416 e. The summed E-state index contributed by atoms with van der Waals surface area (Å²) in [6.45, 7) is 2.18. The molecule has 1 unspecified atom stereocenters. The summed E-state index contributed by atoms with van der Waals surface area (Å²) >= 11 is 0. The van der Waals surface area contributed by atoms with Gasteiger partial charge in [0.25, 0.3) is 0 Å². The van der Waals surface area contributed by atoms with Gasteiger partial charge in [0.1, 0.15) is 5.82 Å². The summed E-state index contributed by atoms with van der Waals surface area (Å²) in [5.74, 6) is -0.699. The van der Waals surface area contributed by atoms with Crippen LogP contribution in [0.4, 0.5) is 17.6 Å². The van der Waals surface area contributed by atoms with Gasteiger partial charge in [-0.25, -0.2) is 4.39 Å². The van der Waals surface area contributed by atoms with E-state index in [0.717, 1.165) is 18.2 Å². The van der Waals surface area contributed by atoms with E-state index in [1.807, 2.05) is 0 Å². The number of likely N-dealkylation sites (N-methyl/N-ethyl adjacent to an activating group) is 1. The SMILES string of the molecule is CCOCC(NC)c1cc(F)ccc1C(F)(F)F. The van der Waals surface area contributed by atoms with Crippen molar-refractivity contribution in [1.29, 1.82) is 0 Å². The second-order valence-corrected chi connectivity index (χ2v) is 3.73. The minimum Gasteiger partial charge on any atom is -0.380 e. The highest BCUT2D eigenvalue weighted by Crippen LogP contribution is 2.35.